The number of aryl methyl sites for hydroxylation is 1. The van der Waals surface area contributed by atoms with Gasteiger partial charge in [0.05, 0.1) is 5.52 Å². The van der Waals surface area contributed by atoms with E-state index in [0.717, 1.165) is 4.47 Å². The maximum atomic E-state index is 3.60. The first kappa shape index (κ1) is 8.98. The van der Waals surface area contributed by atoms with Crippen LogP contribution in [-0.2, 0) is 7.05 Å². The van der Waals surface area contributed by atoms with E-state index < -0.39 is 0 Å². The maximum Gasteiger partial charge on any atom is 0.0633 e. The van der Waals surface area contributed by atoms with Crippen molar-refractivity contribution in [3.05, 3.63) is 46.9 Å². The Kier molecular flexibility index (Phi) is 1.86. The highest BCUT2D eigenvalue weighted by molar-refractivity contribution is 9.10. The summed E-state index contributed by atoms with van der Waals surface area (Å²) in [5, 5.41) is 2.62. The second kappa shape index (κ2) is 3.11. The fourth-order valence-corrected chi connectivity index (χ4v) is 2.82. The van der Waals surface area contributed by atoms with Gasteiger partial charge in [0, 0.05) is 27.8 Å². The molecular weight excluding hydrogens is 250 g/mol. The quantitative estimate of drug-likeness (QED) is 0.573. The third-order valence-electron chi connectivity index (χ3n) is 2.88. The molecule has 0 aliphatic heterocycles. The van der Waals surface area contributed by atoms with E-state index in [9.17, 15) is 0 Å². The SMILES string of the molecule is Cn1c2ccccc2c2cccc(Br)c21. The molecule has 0 fully saturated rings. The normalized spacial score (nSPS) is 11.3. The van der Waals surface area contributed by atoms with Crippen molar-refractivity contribution >= 4 is 37.7 Å². The van der Waals surface area contributed by atoms with E-state index in [4.69, 9.17) is 0 Å². The van der Waals surface area contributed by atoms with Gasteiger partial charge in [-0.3, -0.25) is 0 Å². The van der Waals surface area contributed by atoms with Crippen molar-refractivity contribution in [1.29, 1.82) is 0 Å². The van der Waals surface area contributed by atoms with Crippen molar-refractivity contribution in [2.45, 2.75) is 0 Å². The third kappa shape index (κ3) is 1.15. The van der Waals surface area contributed by atoms with E-state index in [2.05, 4.69) is 70.0 Å². The standard InChI is InChI=1S/C13H10BrN/c1-15-12-8-3-2-5-9(12)10-6-4-7-11(14)13(10)15/h2-8H,1H3. The highest BCUT2D eigenvalue weighted by atomic mass is 79.9. The molecule has 3 rings (SSSR count). The highest BCUT2D eigenvalue weighted by Crippen LogP contribution is 2.32. The molecule has 2 aromatic carbocycles. The summed E-state index contributed by atoms with van der Waals surface area (Å²) in [6, 6.07) is 14.8. The van der Waals surface area contributed by atoms with E-state index in [1.54, 1.807) is 0 Å². The van der Waals surface area contributed by atoms with Crippen LogP contribution >= 0.6 is 15.9 Å². The minimum atomic E-state index is 1.15. The smallest absolute Gasteiger partial charge is 0.0633 e. The van der Waals surface area contributed by atoms with Crippen molar-refractivity contribution in [2.24, 2.45) is 7.05 Å². The van der Waals surface area contributed by atoms with Gasteiger partial charge in [0.15, 0.2) is 0 Å². The van der Waals surface area contributed by atoms with Crippen LogP contribution < -0.4 is 0 Å². The van der Waals surface area contributed by atoms with Crippen molar-refractivity contribution in [3.63, 3.8) is 0 Å². The summed E-state index contributed by atoms with van der Waals surface area (Å²) in [6.07, 6.45) is 0. The Morgan fingerprint density at radius 2 is 1.67 bits per heavy atom. The summed E-state index contributed by atoms with van der Waals surface area (Å²) >= 11 is 3.60. The molecule has 0 amide bonds. The molecule has 1 aromatic heterocycles. The first-order valence-electron chi connectivity index (χ1n) is 4.90. The van der Waals surface area contributed by atoms with Crippen LogP contribution in [0.3, 0.4) is 0 Å². The molecule has 15 heavy (non-hydrogen) atoms. The molecule has 1 nitrogen and oxygen atoms in total. The number of hydrogen-bond acceptors (Lipinski definition) is 0. The van der Waals surface area contributed by atoms with E-state index in [1.807, 2.05) is 0 Å². The number of rotatable bonds is 0. The van der Waals surface area contributed by atoms with Crippen LogP contribution in [-0.4, -0.2) is 4.57 Å². The first-order valence-corrected chi connectivity index (χ1v) is 5.70. The van der Waals surface area contributed by atoms with Gasteiger partial charge in [0.1, 0.15) is 0 Å². The highest BCUT2D eigenvalue weighted by Gasteiger charge is 2.08. The summed E-state index contributed by atoms with van der Waals surface area (Å²) in [5.41, 5.74) is 2.54. The van der Waals surface area contributed by atoms with Crippen LogP contribution in [0.2, 0.25) is 0 Å². The van der Waals surface area contributed by atoms with E-state index in [0.29, 0.717) is 0 Å². The number of fused-ring (bicyclic) bond motifs is 3. The molecule has 0 unspecified atom stereocenters. The molecule has 3 aromatic rings. The first-order chi connectivity index (χ1) is 7.29. The molecule has 0 radical (unpaired) electrons. The van der Waals surface area contributed by atoms with Gasteiger partial charge in [-0.25, -0.2) is 0 Å². The Hall–Kier alpha value is -1.28. The largest absolute Gasteiger partial charge is 0.343 e. The number of hydrogen-bond donors (Lipinski definition) is 0. The number of halogens is 1. The lowest BCUT2D eigenvalue weighted by Gasteiger charge is -1.99. The average molecular weight is 260 g/mol. The van der Waals surface area contributed by atoms with Gasteiger partial charge in [-0.05, 0) is 28.1 Å². The third-order valence-corrected chi connectivity index (χ3v) is 3.52. The summed E-state index contributed by atoms with van der Waals surface area (Å²) in [5.74, 6) is 0. The molecule has 74 valence electrons. The molecule has 0 aliphatic rings. The Labute approximate surface area is 96.4 Å². The molecule has 0 aliphatic carbocycles. The van der Waals surface area contributed by atoms with Crippen molar-refractivity contribution in [1.82, 2.24) is 4.57 Å². The summed E-state index contributed by atoms with van der Waals surface area (Å²) in [6.45, 7) is 0. The maximum absolute atomic E-state index is 3.60. The lowest BCUT2D eigenvalue weighted by atomic mass is 10.2. The lowest BCUT2D eigenvalue weighted by Crippen LogP contribution is -1.86. The fourth-order valence-electron chi connectivity index (χ4n) is 2.19. The molecule has 0 saturated heterocycles. The molecule has 2 heteroatoms. The van der Waals surface area contributed by atoms with E-state index in [-0.39, 0.29) is 0 Å². The lowest BCUT2D eigenvalue weighted by molar-refractivity contribution is 1.01. The van der Waals surface area contributed by atoms with E-state index in [1.165, 1.54) is 21.8 Å². The zero-order chi connectivity index (χ0) is 10.4. The fraction of sp³-hybridized carbons (Fsp3) is 0.0769. The Morgan fingerprint density at radius 1 is 0.933 bits per heavy atom. The molecule has 0 N–H and O–H groups in total. The molecular formula is C13H10BrN. The number of aromatic nitrogens is 1. The summed E-state index contributed by atoms with van der Waals surface area (Å²) < 4.78 is 3.38. The van der Waals surface area contributed by atoms with Crippen molar-refractivity contribution < 1.29 is 0 Å². The molecule has 0 spiro atoms. The predicted molar refractivity (Wildman–Crippen MR) is 68.1 cm³/mol. The topological polar surface area (TPSA) is 4.93 Å². The Morgan fingerprint density at radius 3 is 2.53 bits per heavy atom. The van der Waals surface area contributed by atoms with Gasteiger partial charge in [0.25, 0.3) is 0 Å². The van der Waals surface area contributed by atoms with Gasteiger partial charge in [-0.2, -0.15) is 0 Å². The number of para-hydroxylation sites is 2. The zero-order valence-corrected chi connectivity index (χ0v) is 9.95. The van der Waals surface area contributed by atoms with Crippen LogP contribution in [0.25, 0.3) is 21.8 Å². The van der Waals surface area contributed by atoms with Crippen molar-refractivity contribution in [2.75, 3.05) is 0 Å². The number of benzene rings is 2. The van der Waals surface area contributed by atoms with Crippen molar-refractivity contribution in [3.8, 4) is 0 Å². The van der Waals surface area contributed by atoms with Crippen LogP contribution in [0, 0.1) is 0 Å². The van der Waals surface area contributed by atoms with Crippen LogP contribution in [0.15, 0.2) is 46.9 Å². The molecule has 0 atom stereocenters. The van der Waals surface area contributed by atoms with Gasteiger partial charge in [0.2, 0.25) is 0 Å². The Balaban J connectivity index is 2.69. The summed E-state index contributed by atoms with van der Waals surface area (Å²) in [4.78, 5) is 0. The minimum Gasteiger partial charge on any atom is -0.343 e. The van der Waals surface area contributed by atoms with Gasteiger partial charge in [-0.15, -0.1) is 0 Å². The monoisotopic (exact) mass is 259 g/mol. The van der Waals surface area contributed by atoms with Crippen LogP contribution in [0.1, 0.15) is 0 Å². The zero-order valence-electron chi connectivity index (χ0n) is 8.37. The average Bonchev–Trinajstić information content (AvgIpc) is 2.55. The second-order valence-corrected chi connectivity index (χ2v) is 4.57. The summed E-state index contributed by atoms with van der Waals surface area (Å²) in [7, 11) is 2.11. The molecule has 0 saturated carbocycles. The van der Waals surface area contributed by atoms with Crippen LogP contribution in [0.5, 0.6) is 0 Å². The molecule has 1 heterocycles. The van der Waals surface area contributed by atoms with Crippen LogP contribution in [0.4, 0.5) is 0 Å². The van der Waals surface area contributed by atoms with E-state index >= 15 is 0 Å². The molecule has 0 bridgehead atoms. The Bertz CT molecular complexity index is 652. The number of nitrogens with zero attached hydrogens (tertiary/aromatic N) is 1. The predicted octanol–water partition coefficient (Wildman–Crippen LogP) is 4.09. The van der Waals surface area contributed by atoms with Gasteiger partial charge in [-0.1, -0.05) is 30.3 Å². The minimum absolute atomic E-state index is 1.15. The van der Waals surface area contributed by atoms with Gasteiger partial charge >= 0.3 is 0 Å². The second-order valence-electron chi connectivity index (χ2n) is 3.71. The van der Waals surface area contributed by atoms with Gasteiger partial charge < -0.3 is 4.57 Å².